The third kappa shape index (κ3) is 1.67. The summed E-state index contributed by atoms with van der Waals surface area (Å²) in [5.41, 5.74) is 0.392. The summed E-state index contributed by atoms with van der Waals surface area (Å²) in [4.78, 5) is 17.6. The van der Waals surface area contributed by atoms with Crippen molar-refractivity contribution in [3.8, 4) is 5.75 Å². The van der Waals surface area contributed by atoms with E-state index in [1.165, 1.54) is 25.1 Å². The molecule has 12 heavy (non-hydrogen) atoms. The second kappa shape index (κ2) is 2.90. The molecule has 1 aromatic rings. The van der Waals surface area contributed by atoms with E-state index in [9.17, 15) is 4.57 Å². The molecule has 1 aromatic carbocycles. The van der Waals surface area contributed by atoms with Crippen LogP contribution in [0.3, 0.4) is 0 Å². The van der Waals surface area contributed by atoms with Gasteiger partial charge in [-0.1, -0.05) is 12.1 Å². The first-order valence-electron chi connectivity index (χ1n) is 3.27. The number of hydrogen-bond donors (Lipinski definition) is 3. The Labute approximate surface area is 69.6 Å². The van der Waals surface area contributed by atoms with Gasteiger partial charge in [-0.2, -0.15) is 0 Å². The molecule has 0 unspecified atom stereocenters. The Morgan fingerprint density at radius 3 is 2.25 bits per heavy atom. The van der Waals surface area contributed by atoms with E-state index in [0.29, 0.717) is 5.56 Å². The van der Waals surface area contributed by atoms with Crippen molar-refractivity contribution in [2.75, 3.05) is 0 Å². The number of benzene rings is 1. The van der Waals surface area contributed by atoms with Gasteiger partial charge in [-0.25, -0.2) is 0 Å². The average molecular weight is 188 g/mol. The van der Waals surface area contributed by atoms with E-state index in [1.807, 2.05) is 0 Å². The summed E-state index contributed by atoms with van der Waals surface area (Å²) in [6.45, 7) is 1.54. The molecule has 0 aliphatic heterocycles. The first-order chi connectivity index (χ1) is 5.43. The molecule has 0 aliphatic rings. The van der Waals surface area contributed by atoms with Crippen molar-refractivity contribution < 1.29 is 19.5 Å². The maximum atomic E-state index is 10.8. The van der Waals surface area contributed by atoms with Crippen LogP contribution < -0.4 is 5.30 Å². The molecule has 5 heteroatoms. The van der Waals surface area contributed by atoms with E-state index in [2.05, 4.69) is 0 Å². The highest BCUT2D eigenvalue weighted by molar-refractivity contribution is 7.60. The lowest BCUT2D eigenvalue weighted by Crippen LogP contribution is -2.08. The van der Waals surface area contributed by atoms with Crippen LogP contribution in [-0.2, 0) is 4.57 Å². The largest absolute Gasteiger partial charge is 0.507 e. The summed E-state index contributed by atoms with van der Waals surface area (Å²) < 4.78 is 10.8. The molecule has 0 saturated heterocycles. The SMILES string of the molecule is Cc1cccc(O)c1P(=O)(O)O. The number of aromatic hydroxyl groups is 1. The molecule has 1 rings (SSSR count). The molecule has 0 radical (unpaired) electrons. The van der Waals surface area contributed by atoms with E-state index in [-0.39, 0.29) is 11.1 Å². The van der Waals surface area contributed by atoms with E-state index in [1.54, 1.807) is 0 Å². The number of hydrogen-bond acceptors (Lipinski definition) is 2. The molecule has 0 bridgehead atoms. The Balaban J connectivity index is 3.42. The molecule has 0 saturated carbocycles. The van der Waals surface area contributed by atoms with Crippen LogP contribution in [0.5, 0.6) is 5.75 Å². The van der Waals surface area contributed by atoms with Gasteiger partial charge in [-0.05, 0) is 18.6 Å². The van der Waals surface area contributed by atoms with Gasteiger partial charge in [0.1, 0.15) is 11.1 Å². The molecule has 3 N–H and O–H groups in total. The predicted molar refractivity (Wildman–Crippen MR) is 44.5 cm³/mol. The van der Waals surface area contributed by atoms with Gasteiger partial charge in [0.05, 0.1) is 0 Å². The highest BCUT2D eigenvalue weighted by Crippen LogP contribution is 2.38. The van der Waals surface area contributed by atoms with Crippen molar-refractivity contribution in [1.29, 1.82) is 0 Å². The zero-order chi connectivity index (χ0) is 9.35. The van der Waals surface area contributed by atoms with Crippen LogP contribution in [0.25, 0.3) is 0 Å². The molecule has 0 spiro atoms. The van der Waals surface area contributed by atoms with Gasteiger partial charge in [0, 0.05) is 0 Å². The monoisotopic (exact) mass is 188 g/mol. The van der Waals surface area contributed by atoms with Crippen LogP contribution in [0.4, 0.5) is 0 Å². The second-order valence-electron chi connectivity index (χ2n) is 2.49. The molecular formula is C7H9O4P. The van der Waals surface area contributed by atoms with E-state index in [0.717, 1.165) is 0 Å². The van der Waals surface area contributed by atoms with Crippen LogP contribution in [0, 0.1) is 6.92 Å². The van der Waals surface area contributed by atoms with Crippen molar-refractivity contribution in [2.45, 2.75) is 6.92 Å². The van der Waals surface area contributed by atoms with Crippen molar-refractivity contribution >= 4 is 12.9 Å². The minimum atomic E-state index is -4.34. The molecule has 0 aliphatic carbocycles. The summed E-state index contributed by atoms with van der Waals surface area (Å²) in [5.74, 6) is -0.358. The lowest BCUT2D eigenvalue weighted by Gasteiger charge is -2.08. The first kappa shape index (κ1) is 9.26. The maximum Gasteiger partial charge on any atom is 0.360 e. The lowest BCUT2D eigenvalue weighted by atomic mass is 10.2. The minimum Gasteiger partial charge on any atom is -0.507 e. The summed E-state index contributed by atoms with van der Waals surface area (Å²) in [6, 6.07) is 4.32. The fourth-order valence-corrected chi connectivity index (χ4v) is 1.93. The molecule has 0 atom stereocenters. The summed E-state index contributed by atoms with van der Waals surface area (Å²) >= 11 is 0. The highest BCUT2D eigenvalue weighted by atomic mass is 31.2. The van der Waals surface area contributed by atoms with E-state index < -0.39 is 7.60 Å². The molecular weight excluding hydrogens is 179 g/mol. The number of aryl methyl sites for hydroxylation is 1. The third-order valence-corrected chi connectivity index (χ3v) is 2.67. The minimum absolute atomic E-state index is 0.287. The molecule has 0 amide bonds. The smallest absolute Gasteiger partial charge is 0.360 e. The second-order valence-corrected chi connectivity index (χ2v) is 4.02. The standard InChI is InChI=1S/C7H9O4P/c1-5-3-2-4-6(8)7(5)12(9,10)11/h2-4,8H,1H3,(H2,9,10,11). The molecule has 0 heterocycles. The van der Waals surface area contributed by atoms with Crippen molar-refractivity contribution in [2.24, 2.45) is 0 Å². The van der Waals surface area contributed by atoms with Crippen molar-refractivity contribution in [3.63, 3.8) is 0 Å². The summed E-state index contributed by atoms with van der Waals surface area (Å²) in [7, 11) is -4.34. The van der Waals surface area contributed by atoms with Gasteiger partial charge in [0.25, 0.3) is 0 Å². The molecule has 66 valence electrons. The van der Waals surface area contributed by atoms with Crippen LogP contribution >= 0.6 is 7.60 Å². The van der Waals surface area contributed by atoms with Crippen LogP contribution in [0.1, 0.15) is 5.56 Å². The third-order valence-electron chi connectivity index (χ3n) is 1.51. The number of phenolic OH excluding ortho intramolecular Hbond substituents is 1. The molecule has 4 nitrogen and oxygen atoms in total. The topological polar surface area (TPSA) is 77.8 Å². The Morgan fingerprint density at radius 1 is 1.33 bits per heavy atom. The van der Waals surface area contributed by atoms with Crippen molar-refractivity contribution in [1.82, 2.24) is 0 Å². The van der Waals surface area contributed by atoms with Crippen LogP contribution in [-0.4, -0.2) is 14.9 Å². The fraction of sp³-hybridized carbons (Fsp3) is 0.143. The number of phenols is 1. The molecule has 0 aromatic heterocycles. The Bertz CT molecular complexity index is 321. The highest BCUT2D eigenvalue weighted by Gasteiger charge is 2.23. The Hall–Kier alpha value is -0.830. The normalized spacial score (nSPS) is 11.6. The quantitative estimate of drug-likeness (QED) is 0.561. The van der Waals surface area contributed by atoms with Gasteiger partial charge in [-0.15, -0.1) is 0 Å². The zero-order valence-corrected chi connectivity index (χ0v) is 7.32. The van der Waals surface area contributed by atoms with Gasteiger partial charge >= 0.3 is 7.60 Å². The summed E-state index contributed by atoms with van der Waals surface area (Å²) in [6.07, 6.45) is 0. The van der Waals surface area contributed by atoms with Crippen LogP contribution in [0.2, 0.25) is 0 Å². The average Bonchev–Trinajstić information content (AvgIpc) is 1.82. The zero-order valence-electron chi connectivity index (χ0n) is 6.43. The van der Waals surface area contributed by atoms with Crippen molar-refractivity contribution in [3.05, 3.63) is 23.8 Å². The molecule has 0 fully saturated rings. The van der Waals surface area contributed by atoms with Gasteiger partial charge in [0.2, 0.25) is 0 Å². The van der Waals surface area contributed by atoms with Crippen LogP contribution in [0.15, 0.2) is 18.2 Å². The fourth-order valence-electron chi connectivity index (χ4n) is 1.02. The van der Waals surface area contributed by atoms with E-state index in [4.69, 9.17) is 14.9 Å². The summed E-state index contributed by atoms with van der Waals surface area (Å²) in [5, 5.41) is 8.85. The van der Waals surface area contributed by atoms with Gasteiger partial charge in [0.15, 0.2) is 0 Å². The van der Waals surface area contributed by atoms with E-state index >= 15 is 0 Å². The van der Waals surface area contributed by atoms with Gasteiger partial charge in [-0.3, -0.25) is 4.57 Å². The Morgan fingerprint density at radius 2 is 1.92 bits per heavy atom. The lowest BCUT2D eigenvalue weighted by molar-refractivity contribution is 0.384. The predicted octanol–water partition coefficient (Wildman–Crippen LogP) is 0.504. The van der Waals surface area contributed by atoms with Gasteiger partial charge < -0.3 is 14.9 Å². The number of rotatable bonds is 1. The maximum absolute atomic E-state index is 10.8. The Kier molecular flexibility index (Phi) is 2.24. The first-order valence-corrected chi connectivity index (χ1v) is 4.89.